The predicted octanol–water partition coefficient (Wildman–Crippen LogP) is 4.07. The van der Waals surface area contributed by atoms with E-state index in [1.807, 2.05) is 0 Å². The number of allylic oxidation sites excluding steroid dienone is 4. The van der Waals surface area contributed by atoms with Crippen molar-refractivity contribution in [3.8, 4) is 0 Å². The Morgan fingerprint density at radius 2 is 2.00 bits per heavy atom. The molecule has 0 saturated carbocycles. The van der Waals surface area contributed by atoms with E-state index < -0.39 is 21.4 Å². The maximum atomic E-state index is 3.18. The second kappa shape index (κ2) is 5.92. The summed E-state index contributed by atoms with van der Waals surface area (Å²) in [5.74, 6) is 0.758. The summed E-state index contributed by atoms with van der Waals surface area (Å²) in [5.41, 5.74) is 0.457. The molecule has 2 heteroatoms. The summed E-state index contributed by atoms with van der Waals surface area (Å²) in [6, 6.07) is 0. The van der Waals surface area contributed by atoms with Crippen LogP contribution in [0, 0.1) is 11.3 Å². The van der Waals surface area contributed by atoms with Crippen LogP contribution in [0.2, 0.25) is 9.36 Å². The van der Waals surface area contributed by atoms with Crippen LogP contribution in [0.15, 0.2) is 24.3 Å². The third-order valence-corrected chi connectivity index (χ3v) is 15.6. The molecule has 0 fully saturated rings. The van der Waals surface area contributed by atoms with Gasteiger partial charge in [-0.2, -0.15) is 0 Å². The summed E-state index contributed by atoms with van der Waals surface area (Å²) in [7, 11) is 3.18. The van der Waals surface area contributed by atoms with Gasteiger partial charge in [-0.3, -0.25) is 0 Å². The Hall–Kier alpha value is 0.780. The molecule has 4 atom stereocenters. The van der Waals surface area contributed by atoms with Crippen molar-refractivity contribution in [2.24, 2.45) is 11.3 Å². The number of hydrogen-bond acceptors (Lipinski definition) is 0. The van der Waals surface area contributed by atoms with Crippen LogP contribution in [-0.2, 0) is 0 Å². The molecule has 0 amide bonds. The molecule has 0 spiro atoms. The Labute approximate surface area is 105 Å². The van der Waals surface area contributed by atoms with Crippen molar-refractivity contribution in [2.45, 2.75) is 39.5 Å². The molecule has 0 aliphatic heterocycles. The van der Waals surface area contributed by atoms with Gasteiger partial charge in [0.1, 0.15) is 0 Å². The Morgan fingerprint density at radius 3 is 2.47 bits per heavy atom. The topological polar surface area (TPSA) is 0 Å². The first kappa shape index (κ1) is 13.8. The first-order valence-electron chi connectivity index (χ1n) is 6.20. The predicted molar refractivity (Wildman–Crippen MR) is 75.8 cm³/mol. The molecule has 0 bridgehead atoms. The Morgan fingerprint density at radius 1 is 1.33 bits per heavy atom. The Bertz CT molecular complexity index is 257. The van der Waals surface area contributed by atoms with E-state index in [0.29, 0.717) is 5.41 Å². The van der Waals surface area contributed by atoms with Crippen molar-refractivity contribution in [1.82, 2.24) is 0 Å². The molecule has 1 rings (SSSR count). The molecule has 84 valence electrons. The molecule has 0 aromatic rings. The van der Waals surface area contributed by atoms with E-state index in [1.54, 1.807) is 0 Å². The molecular weight excluding hydrogens is 302 g/mol. The van der Waals surface area contributed by atoms with E-state index in [9.17, 15) is 0 Å². The van der Waals surface area contributed by atoms with Crippen molar-refractivity contribution in [3.63, 3.8) is 0 Å². The van der Waals surface area contributed by atoms with Crippen molar-refractivity contribution >= 4 is 30.7 Å². The van der Waals surface area contributed by atoms with Crippen LogP contribution in [0.3, 0.4) is 0 Å². The molecule has 0 aromatic carbocycles. The fourth-order valence-electron chi connectivity index (χ4n) is 2.85. The summed E-state index contributed by atoms with van der Waals surface area (Å²) in [4.78, 5) is 0. The summed E-state index contributed by atoms with van der Waals surface area (Å²) >= 11 is -1.27. The third-order valence-electron chi connectivity index (χ3n) is 3.94. The maximum absolute atomic E-state index is 3.18. The van der Waals surface area contributed by atoms with Gasteiger partial charge in [0, 0.05) is 0 Å². The monoisotopic (exact) mass is 326 g/mol. The third kappa shape index (κ3) is 2.72. The number of rotatable bonds is 4. The zero-order chi connectivity index (χ0) is 11.5. The van der Waals surface area contributed by atoms with E-state index in [0.717, 1.165) is 9.33 Å². The average molecular weight is 326 g/mol. The minimum absolute atomic E-state index is 0.457. The van der Waals surface area contributed by atoms with E-state index in [2.05, 4.69) is 56.8 Å². The van der Waals surface area contributed by atoms with Gasteiger partial charge in [-0.1, -0.05) is 0 Å². The standard InChI is InChI=1S/C11H18P.2CH3.In/c1-3-10-7-5-6-8-11(10,4-2)9-12;;;/h5-10H,3-4,12H2,1-2H3;2*1H3;. The van der Waals surface area contributed by atoms with Gasteiger partial charge in [-0.25, -0.2) is 0 Å². The molecular formula is C13H24InP. The molecule has 1 aliphatic rings. The van der Waals surface area contributed by atoms with Gasteiger partial charge in [0.05, 0.1) is 0 Å². The van der Waals surface area contributed by atoms with Crippen molar-refractivity contribution in [1.29, 1.82) is 0 Å². The van der Waals surface area contributed by atoms with Crippen LogP contribution in [0.1, 0.15) is 26.7 Å². The van der Waals surface area contributed by atoms with Gasteiger partial charge in [0.2, 0.25) is 0 Å². The van der Waals surface area contributed by atoms with Gasteiger partial charge < -0.3 is 0 Å². The van der Waals surface area contributed by atoms with E-state index >= 15 is 0 Å². The zero-order valence-corrected chi connectivity index (χ0v) is 15.0. The molecule has 0 heterocycles. The molecule has 0 saturated heterocycles. The van der Waals surface area contributed by atoms with E-state index in [-0.39, 0.29) is 0 Å². The van der Waals surface area contributed by atoms with Crippen LogP contribution in [0.25, 0.3) is 0 Å². The van der Waals surface area contributed by atoms with E-state index in [1.165, 1.54) is 12.8 Å². The molecule has 0 aromatic heterocycles. The van der Waals surface area contributed by atoms with Crippen LogP contribution in [-0.4, -0.2) is 24.9 Å². The van der Waals surface area contributed by atoms with Gasteiger partial charge in [0.15, 0.2) is 0 Å². The van der Waals surface area contributed by atoms with Crippen LogP contribution >= 0.6 is 9.24 Å². The molecule has 1 aliphatic carbocycles. The Balaban J connectivity index is 3.01. The quantitative estimate of drug-likeness (QED) is 0.683. The second-order valence-electron chi connectivity index (χ2n) is 4.99. The molecule has 0 radical (unpaired) electrons. The van der Waals surface area contributed by atoms with Crippen molar-refractivity contribution < 1.29 is 0 Å². The first-order valence-corrected chi connectivity index (χ1v) is 15.4. The van der Waals surface area contributed by atoms with Crippen molar-refractivity contribution in [3.05, 3.63) is 24.3 Å². The Kier molecular flexibility index (Phi) is 5.46. The summed E-state index contributed by atoms with van der Waals surface area (Å²) in [5, 5.41) is 0. The van der Waals surface area contributed by atoms with Gasteiger partial charge in [-0.15, -0.1) is 0 Å². The summed E-state index contributed by atoms with van der Waals surface area (Å²) in [6.07, 6.45) is 12.0. The molecule has 4 unspecified atom stereocenters. The second-order valence-corrected chi connectivity index (χ2v) is 17.1. The summed E-state index contributed by atoms with van der Waals surface area (Å²) < 4.78 is 5.96. The fraction of sp³-hybridized carbons (Fsp3) is 0.692. The molecule has 0 nitrogen and oxygen atoms in total. The van der Waals surface area contributed by atoms with E-state index in [4.69, 9.17) is 0 Å². The van der Waals surface area contributed by atoms with Crippen molar-refractivity contribution in [2.75, 3.05) is 0 Å². The fourth-order valence-corrected chi connectivity index (χ4v) is 8.68. The van der Waals surface area contributed by atoms with Gasteiger partial charge in [0.25, 0.3) is 0 Å². The van der Waals surface area contributed by atoms with Crippen LogP contribution in [0.4, 0.5) is 0 Å². The molecule has 0 N–H and O–H groups in total. The number of hydrogen-bond donors (Lipinski definition) is 0. The van der Waals surface area contributed by atoms with Gasteiger partial charge in [-0.05, 0) is 0 Å². The average Bonchev–Trinajstić information content (AvgIpc) is 2.27. The minimum atomic E-state index is -1.27. The van der Waals surface area contributed by atoms with Crippen LogP contribution < -0.4 is 0 Å². The van der Waals surface area contributed by atoms with Gasteiger partial charge >= 0.3 is 106 Å². The first-order chi connectivity index (χ1) is 7.08. The summed E-state index contributed by atoms with van der Waals surface area (Å²) in [6.45, 7) is 4.68. The zero-order valence-electron chi connectivity index (χ0n) is 10.5. The normalized spacial score (nSPS) is 31.7. The molecule has 15 heavy (non-hydrogen) atoms. The SMILES string of the molecule is CCC1C=CC=CC1(CC)[CH](P)[In]([CH3])[CH3]. The van der Waals surface area contributed by atoms with Crippen LogP contribution in [0.5, 0.6) is 0 Å².